The van der Waals surface area contributed by atoms with Gasteiger partial charge in [-0.05, 0) is 36.9 Å². The van der Waals surface area contributed by atoms with Crippen LogP contribution in [0.15, 0.2) is 64.0 Å². The molecule has 10 nitrogen and oxygen atoms in total. The number of nitrogens with zero attached hydrogens (tertiary/aromatic N) is 4. The summed E-state index contributed by atoms with van der Waals surface area (Å²) in [5.74, 6) is 0.630. The summed E-state index contributed by atoms with van der Waals surface area (Å²) in [7, 11) is -1.52. The van der Waals surface area contributed by atoms with Gasteiger partial charge >= 0.3 is 0 Å². The van der Waals surface area contributed by atoms with Gasteiger partial charge in [0.15, 0.2) is 21.3 Å². The zero-order chi connectivity index (χ0) is 23.7. The third kappa shape index (κ3) is 4.16. The van der Waals surface area contributed by atoms with Crippen molar-refractivity contribution in [1.82, 2.24) is 25.5 Å². The van der Waals surface area contributed by atoms with Gasteiger partial charge in [0.05, 0.1) is 30.0 Å². The third-order valence-electron chi connectivity index (χ3n) is 5.54. The number of anilines is 1. The summed E-state index contributed by atoms with van der Waals surface area (Å²) in [6.45, 7) is 1.21. The fourth-order valence-corrected chi connectivity index (χ4v) is 4.95. The van der Waals surface area contributed by atoms with Gasteiger partial charge in [-0.25, -0.2) is 18.4 Å². The first-order chi connectivity index (χ1) is 16.5. The van der Waals surface area contributed by atoms with E-state index in [1.807, 2.05) is 31.3 Å². The van der Waals surface area contributed by atoms with E-state index in [1.165, 1.54) is 6.20 Å². The Morgan fingerprint density at radius 2 is 1.71 bits per heavy atom. The van der Waals surface area contributed by atoms with E-state index in [2.05, 4.69) is 25.5 Å². The fraction of sp³-hybridized carbons (Fsp3) is 0.217. The smallest absolute Gasteiger partial charge is 0.270 e. The molecule has 0 saturated carbocycles. The van der Waals surface area contributed by atoms with Crippen LogP contribution in [0.25, 0.3) is 34.3 Å². The minimum atomic E-state index is -3.41. The highest BCUT2D eigenvalue weighted by atomic mass is 32.2. The topological polar surface area (TPSA) is 146 Å². The molecule has 0 bridgehead atoms. The van der Waals surface area contributed by atoms with Gasteiger partial charge in [0, 0.05) is 22.0 Å². The van der Waals surface area contributed by atoms with Gasteiger partial charge in [0.1, 0.15) is 5.25 Å². The van der Waals surface area contributed by atoms with Crippen LogP contribution in [0, 0.1) is 0 Å². The maximum atomic E-state index is 12.6. The highest BCUT2D eigenvalue weighted by Gasteiger charge is 2.33. The average molecular weight is 485 g/mol. The van der Waals surface area contributed by atoms with Gasteiger partial charge in [-0.3, -0.25) is 0 Å². The van der Waals surface area contributed by atoms with Crippen LogP contribution >= 0.6 is 0 Å². The highest BCUT2D eigenvalue weighted by molar-refractivity contribution is 7.92. The third-order valence-corrected chi connectivity index (χ3v) is 7.61. The van der Waals surface area contributed by atoms with Crippen molar-refractivity contribution in [2.75, 3.05) is 26.0 Å². The van der Waals surface area contributed by atoms with E-state index in [0.717, 1.165) is 17.7 Å². The maximum Gasteiger partial charge on any atom is 0.270 e. The summed E-state index contributed by atoms with van der Waals surface area (Å²) < 4.78 is 36.0. The lowest BCUT2D eigenvalue weighted by atomic mass is 10.1. The number of ether oxygens (including phenoxy) is 1. The van der Waals surface area contributed by atoms with Crippen molar-refractivity contribution in [1.29, 1.82) is 0 Å². The van der Waals surface area contributed by atoms with Gasteiger partial charge in [-0.2, -0.15) is 0 Å². The number of hydrogen-bond acceptors (Lipinski definition) is 10. The van der Waals surface area contributed by atoms with Crippen LogP contribution in [0.4, 0.5) is 5.82 Å². The molecule has 0 amide bonds. The van der Waals surface area contributed by atoms with Crippen LogP contribution < -0.4 is 11.1 Å². The van der Waals surface area contributed by atoms with E-state index in [1.54, 1.807) is 24.3 Å². The number of nitrogen functional groups attached to an aromatic ring is 1. The van der Waals surface area contributed by atoms with Crippen molar-refractivity contribution in [3.05, 3.63) is 60.3 Å². The Balaban J connectivity index is 0.00000160. The first-order valence-electron chi connectivity index (χ1n) is 10.6. The van der Waals surface area contributed by atoms with E-state index in [0.29, 0.717) is 17.1 Å². The van der Waals surface area contributed by atoms with E-state index in [9.17, 15) is 8.42 Å². The number of rotatable bonds is 7. The number of sulfone groups is 1. The molecule has 0 atom stereocenters. The van der Waals surface area contributed by atoms with E-state index >= 15 is 0 Å². The molecule has 180 valence electrons. The number of nitrogens with two attached hydrogens (primary N) is 1. The fourth-order valence-electron chi connectivity index (χ4n) is 3.50. The van der Waals surface area contributed by atoms with Crippen molar-refractivity contribution in [3.8, 4) is 34.3 Å². The summed E-state index contributed by atoms with van der Waals surface area (Å²) in [5, 5.41) is 10.8. The standard InChI is InChI=1S/C23H22N6O4S.3H2/c1-25-10-14-2-4-16(5-3-14)22-28-29-23(33-22)20-21(24)26-11-19(27-20)15-6-8-17(9-7-15)34(30,31)18-12-32-13-18;;;/h2-9,11,18,25H,10,12-13H2,1H3,(H2,24,26);3*1H. The second-order valence-corrected chi connectivity index (χ2v) is 10.1. The largest absolute Gasteiger partial charge is 0.414 e. The average Bonchev–Trinajstić information content (AvgIpc) is 3.29. The van der Waals surface area contributed by atoms with Crippen LogP contribution in [-0.4, -0.2) is 54.1 Å². The summed E-state index contributed by atoms with van der Waals surface area (Å²) in [6, 6.07) is 14.2. The molecule has 0 unspecified atom stereocenters. The molecule has 0 aliphatic carbocycles. The SMILES string of the molecule is CNCc1ccc(-c2nnc(-c3nc(-c4ccc(S(=O)(=O)C5COC5)cc4)cnc3N)o2)cc1.[HH].[HH].[HH]. The number of nitrogens with one attached hydrogen (secondary N) is 1. The molecule has 4 aromatic rings. The molecule has 1 aliphatic rings. The van der Waals surface area contributed by atoms with Crippen LogP contribution in [0.1, 0.15) is 9.84 Å². The lowest BCUT2D eigenvalue weighted by molar-refractivity contribution is 0.0416. The summed E-state index contributed by atoms with van der Waals surface area (Å²) >= 11 is 0. The Morgan fingerprint density at radius 1 is 1.03 bits per heavy atom. The Morgan fingerprint density at radius 3 is 2.35 bits per heavy atom. The summed E-state index contributed by atoms with van der Waals surface area (Å²) in [6.07, 6.45) is 1.51. The first-order valence-corrected chi connectivity index (χ1v) is 12.1. The molecule has 5 rings (SSSR count). The predicted molar refractivity (Wildman–Crippen MR) is 132 cm³/mol. The Labute approximate surface area is 200 Å². The van der Waals surface area contributed by atoms with Crippen molar-refractivity contribution in [2.45, 2.75) is 16.7 Å². The minimum Gasteiger partial charge on any atom is -0.414 e. The van der Waals surface area contributed by atoms with Gasteiger partial charge in [0.25, 0.3) is 5.89 Å². The summed E-state index contributed by atoms with van der Waals surface area (Å²) in [4.78, 5) is 9.01. The summed E-state index contributed by atoms with van der Waals surface area (Å²) in [5.41, 5.74) is 9.37. The normalized spacial score (nSPS) is 14.1. The van der Waals surface area contributed by atoms with E-state index < -0.39 is 15.1 Å². The van der Waals surface area contributed by atoms with Crippen molar-refractivity contribution in [2.24, 2.45) is 0 Å². The molecule has 11 heteroatoms. The van der Waals surface area contributed by atoms with Crippen molar-refractivity contribution in [3.63, 3.8) is 0 Å². The van der Waals surface area contributed by atoms with Gasteiger partial charge in [-0.1, -0.05) is 24.3 Å². The number of hydrogen-bond donors (Lipinski definition) is 2. The molecule has 3 N–H and O–H groups in total. The molecule has 1 saturated heterocycles. The number of aromatic nitrogens is 4. The highest BCUT2D eigenvalue weighted by Crippen LogP contribution is 2.29. The van der Waals surface area contributed by atoms with Crippen LogP contribution in [0.5, 0.6) is 0 Å². The zero-order valence-electron chi connectivity index (χ0n) is 18.3. The monoisotopic (exact) mass is 484 g/mol. The molecule has 0 spiro atoms. The van der Waals surface area contributed by atoms with Gasteiger partial charge in [0.2, 0.25) is 5.89 Å². The number of benzene rings is 2. The Hall–Kier alpha value is -3.67. The van der Waals surface area contributed by atoms with Crippen LogP contribution in [-0.2, 0) is 21.1 Å². The zero-order valence-corrected chi connectivity index (χ0v) is 19.1. The molecule has 0 radical (unpaired) electrons. The van der Waals surface area contributed by atoms with Crippen LogP contribution in [0.3, 0.4) is 0 Å². The lowest BCUT2D eigenvalue weighted by Crippen LogP contribution is -2.40. The maximum absolute atomic E-state index is 12.6. The van der Waals surface area contributed by atoms with Gasteiger partial charge in [-0.15, -0.1) is 10.2 Å². The molecule has 1 aliphatic heterocycles. The van der Waals surface area contributed by atoms with Crippen molar-refractivity contribution < 1.29 is 21.9 Å². The Bertz CT molecular complexity index is 1430. The molecule has 2 aromatic carbocycles. The quantitative estimate of drug-likeness (QED) is 0.401. The second kappa shape index (κ2) is 8.93. The molecular weight excluding hydrogens is 456 g/mol. The molecule has 3 heterocycles. The second-order valence-electron chi connectivity index (χ2n) is 7.86. The minimum absolute atomic E-state index is 0. The Kier molecular flexibility index (Phi) is 5.82. The van der Waals surface area contributed by atoms with Crippen molar-refractivity contribution >= 4 is 15.7 Å². The predicted octanol–water partition coefficient (Wildman–Crippen LogP) is 3.07. The van der Waals surface area contributed by atoms with Crippen LogP contribution in [0.2, 0.25) is 0 Å². The van der Waals surface area contributed by atoms with Gasteiger partial charge < -0.3 is 20.2 Å². The van der Waals surface area contributed by atoms with E-state index in [4.69, 9.17) is 14.9 Å². The molecular formula is C23H28N6O4S. The molecule has 34 heavy (non-hydrogen) atoms. The first kappa shape index (κ1) is 22.1. The molecule has 1 fully saturated rings. The lowest BCUT2D eigenvalue weighted by Gasteiger charge is -2.25. The molecule has 2 aromatic heterocycles. The van der Waals surface area contributed by atoms with E-state index in [-0.39, 0.29) is 39.8 Å².